The summed E-state index contributed by atoms with van der Waals surface area (Å²) in [6, 6.07) is 9.19. The van der Waals surface area contributed by atoms with Crippen LogP contribution in [0.1, 0.15) is 6.92 Å². The van der Waals surface area contributed by atoms with E-state index in [9.17, 15) is 9.59 Å². The van der Waals surface area contributed by atoms with E-state index in [1.807, 2.05) is 30.3 Å². The molecule has 5 heteroatoms. The first-order chi connectivity index (χ1) is 8.11. The number of amides is 1. The van der Waals surface area contributed by atoms with E-state index in [-0.39, 0.29) is 6.54 Å². The second kappa shape index (κ2) is 6.52. The molecule has 17 heavy (non-hydrogen) atoms. The van der Waals surface area contributed by atoms with E-state index in [2.05, 4.69) is 5.32 Å². The Balaban J connectivity index is 2.21. The molecule has 1 aromatic rings. The molecule has 0 fully saturated rings. The molecule has 1 aromatic carbocycles. The number of aliphatic carboxylic acids is 1. The lowest BCUT2D eigenvalue weighted by atomic mass is 10.2. The second-order valence-corrected chi connectivity index (χ2v) is 3.51. The molecule has 2 N–H and O–H groups in total. The monoisotopic (exact) mass is 237 g/mol. The Morgan fingerprint density at radius 2 is 2.00 bits per heavy atom. The van der Waals surface area contributed by atoms with E-state index in [1.54, 1.807) is 0 Å². The topological polar surface area (TPSA) is 75.6 Å². The van der Waals surface area contributed by atoms with Crippen LogP contribution in [0.3, 0.4) is 0 Å². The van der Waals surface area contributed by atoms with E-state index in [4.69, 9.17) is 9.84 Å². The van der Waals surface area contributed by atoms with Crippen molar-refractivity contribution in [3.05, 3.63) is 30.3 Å². The largest absolute Gasteiger partial charge is 0.492 e. The van der Waals surface area contributed by atoms with Crippen LogP contribution in [0.25, 0.3) is 0 Å². The minimum Gasteiger partial charge on any atom is -0.492 e. The van der Waals surface area contributed by atoms with Gasteiger partial charge in [0.15, 0.2) is 0 Å². The van der Waals surface area contributed by atoms with Crippen LogP contribution in [-0.2, 0) is 9.59 Å². The third-order valence-corrected chi connectivity index (χ3v) is 2.18. The van der Waals surface area contributed by atoms with Gasteiger partial charge in [0, 0.05) is 0 Å². The van der Waals surface area contributed by atoms with Crippen LogP contribution in [0.4, 0.5) is 0 Å². The molecule has 0 aliphatic carbocycles. The van der Waals surface area contributed by atoms with Crippen molar-refractivity contribution in [2.45, 2.75) is 6.92 Å². The number of carbonyl (C=O) groups is 2. The number of rotatable bonds is 6. The standard InChI is InChI=1S/C12H15NO4/c1-9(12(15)16)11(14)13-7-8-17-10-5-3-2-4-6-10/h2-6,9H,7-8H2,1H3,(H,13,14)(H,15,16). The van der Waals surface area contributed by atoms with Gasteiger partial charge in [-0.25, -0.2) is 0 Å². The number of carbonyl (C=O) groups excluding carboxylic acids is 1. The average molecular weight is 237 g/mol. The molecule has 0 aromatic heterocycles. The summed E-state index contributed by atoms with van der Waals surface area (Å²) >= 11 is 0. The Bertz CT molecular complexity index is 377. The van der Waals surface area contributed by atoms with Gasteiger partial charge in [-0.2, -0.15) is 0 Å². The Morgan fingerprint density at radius 3 is 2.59 bits per heavy atom. The highest BCUT2D eigenvalue weighted by molar-refractivity contribution is 5.96. The maximum absolute atomic E-state index is 11.2. The number of benzene rings is 1. The van der Waals surface area contributed by atoms with Crippen molar-refractivity contribution >= 4 is 11.9 Å². The van der Waals surface area contributed by atoms with Crippen molar-refractivity contribution in [2.75, 3.05) is 13.2 Å². The third kappa shape index (κ3) is 4.55. The molecular formula is C12H15NO4. The lowest BCUT2D eigenvalue weighted by Gasteiger charge is -2.09. The molecular weight excluding hydrogens is 222 g/mol. The molecule has 92 valence electrons. The Morgan fingerprint density at radius 1 is 1.35 bits per heavy atom. The highest BCUT2D eigenvalue weighted by atomic mass is 16.5. The summed E-state index contributed by atoms with van der Waals surface area (Å²) in [4.78, 5) is 21.8. The summed E-state index contributed by atoms with van der Waals surface area (Å²) in [5.74, 6) is -1.96. The zero-order valence-corrected chi connectivity index (χ0v) is 9.55. The molecule has 0 radical (unpaired) electrons. The maximum atomic E-state index is 11.2. The Labute approximate surface area is 99.4 Å². The molecule has 5 nitrogen and oxygen atoms in total. The fourth-order valence-electron chi connectivity index (χ4n) is 1.13. The molecule has 0 spiro atoms. The van der Waals surface area contributed by atoms with E-state index in [0.29, 0.717) is 12.4 Å². The number of ether oxygens (including phenoxy) is 1. The smallest absolute Gasteiger partial charge is 0.315 e. The van der Waals surface area contributed by atoms with Gasteiger partial charge < -0.3 is 15.2 Å². The van der Waals surface area contributed by atoms with Gasteiger partial charge in [0.1, 0.15) is 18.3 Å². The average Bonchev–Trinajstić information content (AvgIpc) is 2.34. The molecule has 0 saturated carbocycles. The minimum absolute atomic E-state index is 0.283. The lowest BCUT2D eigenvalue weighted by Crippen LogP contribution is -2.35. The SMILES string of the molecule is CC(C(=O)O)C(=O)NCCOc1ccccc1. The van der Waals surface area contributed by atoms with Gasteiger partial charge in [0.2, 0.25) is 5.91 Å². The third-order valence-electron chi connectivity index (χ3n) is 2.18. The van der Waals surface area contributed by atoms with Crippen molar-refractivity contribution < 1.29 is 19.4 Å². The van der Waals surface area contributed by atoms with Crippen LogP contribution in [0.5, 0.6) is 5.75 Å². The van der Waals surface area contributed by atoms with E-state index in [1.165, 1.54) is 6.92 Å². The molecule has 0 heterocycles. The normalized spacial score (nSPS) is 11.6. The number of carboxylic acids is 1. The van der Waals surface area contributed by atoms with E-state index < -0.39 is 17.8 Å². The van der Waals surface area contributed by atoms with Crippen LogP contribution in [-0.4, -0.2) is 30.1 Å². The van der Waals surface area contributed by atoms with Gasteiger partial charge >= 0.3 is 5.97 Å². The first-order valence-corrected chi connectivity index (χ1v) is 5.29. The van der Waals surface area contributed by atoms with Gasteiger partial charge in [0.05, 0.1) is 6.54 Å². The van der Waals surface area contributed by atoms with Crippen LogP contribution < -0.4 is 10.1 Å². The number of carboxylic acid groups (broad SMARTS) is 1. The fraction of sp³-hybridized carbons (Fsp3) is 0.333. The minimum atomic E-state index is -1.13. The zero-order valence-electron chi connectivity index (χ0n) is 9.55. The molecule has 0 bridgehead atoms. The number of nitrogens with one attached hydrogen (secondary N) is 1. The molecule has 1 atom stereocenters. The van der Waals surface area contributed by atoms with Crippen LogP contribution in [0, 0.1) is 5.92 Å². The van der Waals surface area contributed by atoms with Crippen molar-refractivity contribution in [1.82, 2.24) is 5.32 Å². The van der Waals surface area contributed by atoms with Crippen molar-refractivity contribution in [3.8, 4) is 5.75 Å². The number of hydrogen-bond donors (Lipinski definition) is 2. The summed E-state index contributed by atoms with van der Waals surface area (Å²) in [5.41, 5.74) is 0. The van der Waals surface area contributed by atoms with Gasteiger partial charge in [-0.3, -0.25) is 9.59 Å². The van der Waals surface area contributed by atoms with Gasteiger partial charge in [0.25, 0.3) is 0 Å². The molecule has 0 saturated heterocycles. The quantitative estimate of drug-likeness (QED) is 0.569. The lowest BCUT2D eigenvalue weighted by molar-refractivity contribution is -0.146. The summed E-state index contributed by atoms with van der Waals surface area (Å²) < 4.78 is 5.33. The van der Waals surface area contributed by atoms with Gasteiger partial charge in [-0.15, -0.1) is 0 Å². The number of para-hydroxylation sites is 1. The van der Waals surface area contributed by atoms with Crippen LogP contribution >= 0.6 is 0 Å². The summed E-state index contributed by atoms with van der Waals surface area (Å²) in [7, 11) is 0. The summed E-state index contributed by atoms with van der Waals surface area (Å²) in [6.07, 6.45) is 0. The maximum Gasteiger partial charge on any atom is 0.315 e. The molecule has 1 rings (SSSR count). The highest BCUT2D eigenvalue weighted by Gasteiger charge is 2.19. The van der Waals surface area contributed by atoms with Gasteiger partial charge in [-0.1, -0.05) is 18.2 Å². The molecule has 0 aliphatic heterocycles. The molecule has 0 aliphatic rings. The predicted molar refractivity (Wildman–Crippen MR) is 61.7 cm³/mol. The van der Waals surface area contributed by atoms with Gasteiger partial charge in [-0.05, 0) is 19.1 Å². The zero-order chi connectivity index (χ0) is 12.7. The van der Waals surface area contributed by atoms with Crippen molar-refractivity contribution in [2.24, 2.45) is 5.92 Å². The number of hydrogen-bond acceptors (Lipinski definition) is 3. The molecule has 1 unspecified atom stereocenters. The fourth-order valence-corrected chi connectivity index (χ4v) is 1.13. The van der Waals surface area contributed by atoms with E-state index in [0.717, 1.165) is 0 Å². The van der Waals surface area contributed by atoms with Crippen molar-refractivity contribution in [1.29, 1.82) is 0 Å². The summed E-state index contributed by atoms with van der Waals surface area (Å²) in [6.45, 7) is 1.93. The first kappa shape index (κ1) is 13.0. The second-order valence-electron chi connectivity index (χ2n) is 3.51. The molecule has 1 amide bonds. The van der Waals surface area contributed by atoms with E-state index >= 15 is 0 Å². The Hall–Kier alpha value is -2.04. The van der Waals surface area contributed by atoms with Crippen molar-refractivity contribution in [3.63, 3.8) is 0 Å². The first-order valence-electron chi connectivity index (χ1n) is 5.29. The highest BCUT2D eigenvalue weighted by Crippen LogP contribution is 2.07. The summed E-state index contributed by atoms with van der Waals surface area (Å²) in [5, 5.41) is 11.1. The Kier molecular flexibility index (Phi) is 5.00. The van der Waals surface area contributed by atoms with Crippen LogP contribution in [0.2, 0.25) is 0 Å². The van der Waals surface area contributed by atoms with Crippen LogP contribution in [0.15, 0.2) is 30.3 Å². The predicted octanol–water partition coefficient (Wildman–Crippen LogP) is 0.902.